The van der Waals surface area contributed by atoms with E-state index in [1.54, 1.807) is 0 Å². The van der Waals surface area contributed by atoms with Crippen LogP contribution in [0.1, 0.15) is 10.4 Å². The topological polar surface area (TPSA) is 69.4 Å². The van der Waals surface area contributed by atoms with Crippen LogP contribution in [0, 0.1) is 13.7 Å². The molecule has 0 saturated carbocycles. The van der Waals surface area contributed by atoms with Crippen molar-refractivity contribution in [2.45, 2.75) is 0 Å². The van der Waals surface area contributed by atoms with Gasteiger partial charge in [0.15, 0.2) is 11.5 Å². The lowest BCUT2D eigenvalue weighted by molar-refractivity contribution is -0.385. The number of ether oxygens (including phenoxy) is 1. The van der Waals surface area contributed by atoms with Crippen LogP contribution in [0.5, 0.6) is 5.75 Å². The van der Waals surface area contributed by atoms with Crippen molar-refractivity contribution in [1.29, 1.82) is 0 Å². The third kappa shape index (κ3) is 2.62. The molecule has 0 N–H and O–H groups in total. The molecule has 0 heterocycles. The summed E-state index contributed by atoms with van der Waals surface area (Å²) in [7, 11) is 1.33. The molecule has 0 fully saturated rings. The second-order valence-corrected chi connectivity index (χ2v) is 4.25. The molecule has 7 heteroatoms. The van der Waals surface area contributed by atoms with E-state index < -0.39 is 4.92 Å². The minimum Gasteiger partial charge on any atom is -0.490 e. The first-order valence-corrected chi connectivity index (χ1v) is 5.73. The van der Waals surface area contributed by atoms with Crippen LogP contribution < -0.4 is 4.74 Å². The average Bonchev–Trinajstić information content (AvgIpc) is 2.27. The summed E-state index contributed by atoms with van der Waals surface area (Å²) in [6.07, 6.45) is 0. The van der Waals surface area contributed by atoms with Crippen LogP contribution in [0.25, 0.3) is 0 Å². The molecule has 0 saturated heterocycles. The number of benzene rings is 1. The summed E-state index contributed by atoms with van der Waals surface area (Å²) in [6.45, 7) is 0. The van der Waals surface area contributed by atoms with Crippen molar-refractivity contribution < 1.29 is 14.5 Å². The normalized spacial score (nSPS) is 9.94. The number of halogens is 2. The van der Waals surface area contributed by atoms with Crippen LogP contribution in [0.15, 0.2) is 12.1 Å². The summed E-state index contributed by atoms with van der Waals surface area (Å²) < 4.78 is 5.44. The number of carbonyl (C=O) groups is 1. The third-order valence-corrected chi connectivity index (χ3v) is 3.02. The number of ketones is 1. The second kappa shape index (κ2) is 5.44. The molecule has 5 nitrogen and oxygen atoms in total. The number of nitrogens with zero attached hydrogens (tertiary/aromatic N) is 1. The fourth-order valence-electron chi connectivity index (χ4n) is 1.14. The monoisotopic (exact) mass is 355 g/mol. The van der Waals surface area contributed by atoms with E-state index in [0.717, 1.165) is 0 Å². The minimum absolute atomic E-state index is 0.125. The molecule has 16 heavy (non-hydrogen) atoms. The van der Waals surface area contributed by atoms with Gasteiger partial charge in [-0.3, -0.25) is 14.9 Å². The van der Waals surface area contributed by atoms with Gasteiger partial charge in [-0.1, -0.05) is 0 Å². The van der Waals surface area contributed by atoms with E-state index >= 15 is 0 Å². The zero-order valence-electron chi connectivity index (χ0n) is 8.20. The first-order chi connectivity index (χ1) is 7.51. The Morgan fingerprint density at radius 2 is 2.25 bits per heavy atom. The van der Waals surface area contributed by atoms with Crippen molar-refractivity contribution in [1.82, 2.24) is 0 Å². The number of hydrogen-bond acceptors (Lipinski definition) is 4. The fourth-order valence-corrected chi connectivity index (χ4v) is 2.02. The molecule has 0 bridgehead atoms. The number of carbonyl (C=O) groups excluding carboxylic acids is 1. The van der Waals surface area contributed by atoms with Crippen LogP contribution in [0.3, 0.4) is 0 Å². The molecule has 0 aliphatic rings. The van der Waals surface area contributed by atoms with Crippen LogP contribution >= 0.6 is 34.2 Å². The molecule has 1 aromatic carbocycles. The maximum atomic E-state index is 11.4. The van der Waals surface area contributed by atoms with Crippen molar-refractivity contribution in [2.24, 2.45) is 0 Å². The van der Waals surface area contributed by atoms with Crippen molar-refractivity contribution in [3.63, 3.8) is 0 Å². The van der Waals surface area contributed by atoms with E-state index in [1.165, 1.54) is 19.2 Å². The summed E-state index contributed by atoms with van der Waals surface area (Å²) in [4.78, 5) is 21.5. The number of methoxy groups -OCH3 is 1. The second-order valence-electron chi connectivity index (χ2n) is 2.82. The van der Waals surface area contributed by atoms with Crippen molar-refractivity contribution in [3.8, 4) is 5.75 Å². The molecular weight excluding hydrogens is 348 g/mol. The number of alkyl halides is 1. The number of Topliss-reactive ketones (excluding diaryl/α,β-unsaturated/α-hetero) is 1. The Morgan fingerprint density at radius 1 is 1.62 bits per heavy atom. The van der Waals surface area contributed by atoms with Crippen LogP contribution in [-0.4, -0.2) is 23.7 Å². The summed E-state index contributed by atoms with van der Waals surface area (Å²) in [5.74, 6) is -0.434. The summed E-state index contributed by atoms with van der Waals surface area (Å²) in [5, 5.41) is 10.7. The van der Waals surface area contributed by atoms with E-state index in [0.29, 0.717) is 3.57 Å². The molecule has 0 unspecified atom stereocenters. The van der Waals surface area contributed by atoms with Crippen molar-refractivity contribution in [2.75, 3.05) is 13.0 Å². The number of hydrogen-bond donors (Lipinski definition) is 0. The molecule has 1 aromatic rings. The lowest BCUT2D eigenvalue weighted by Crippen LogP contribution is -2.05. The first kappa shape index (κ1) is 13.2. The first-order valence-electron chi connectivity index (χ1n) is 4.12. The lowest BCUT2D eigenvalue weighted by atomic mass is 10.1. The average molecular weight is 356 g/mol. The molecule has 0 amide bonds. The standard InChI is InChI=1S/C9H7ClINO4/c1-16-9-3-6(11)5(8(13)4-10)2-7(9)12(14)15/h2-3H,4H2,1H3. The zero-order chi connectivity index (χ0) is 12.3. The van der Waals surface area contributed by atoms with Gasteiger partial charge in [0.05, 0.1) is 17.9 Å². The molecule has 0 spiro atoms. The molecule has 86 valence electrons. The molecule has 0 aromatic heterocycles. The van der Waals surface area contributed by atoms with E-state index in [2.05, 4.69) is 0 Å². The van der Waals surface area contributed by atoms with Crippen LogP contribution in [-0.2, 0) is 0 Å². The predicted octanol–water partition coefficient (Wildman–Crippen LogP) is 2.63. The summed E-state index contributed by atoms with van der Waals surface area (Å²) >= 11 is 7.32. The van der Waals surface area contributed by atoms with Gasteiger partial charge in [-0.15, -0.1) is 11.6 Å². The maximum Gasteiger partial charge on any atom is 0.311 e. The Labute approximate surface area is 110 Å². The maximum absolute atomic E-state index is 11.4. The Bertz CT molecular complexity index is 449. The number of nitro benzene ring substituents is 1. The highest BCUT2D eigenvalue weighted by atomic mass is 127. The van der Waals surface area contributed by atoms with Gasteiger partial charge in [-0.25, -0.2) is 0 Å². The SMILES string of the molecule is COc1cc(I)c(C(=O)CCl)cc1[N+](=O)[O-]. The Hall–Kier alpha value is -0.890. The molecular formula is C9H7ClINO4. The minimum atomic E-state index is -0.597. The highest BCUT2D eigenvalue weighted by molar-refractivity contribution is 14.1. The smallest absolute Gasteiger partial charge is 0.311 e. The molecule has 0 atom stereocenters. The van der Waals surface area contributed by atoms with Gasteiger partial charge in [-0.05, 0) is 22.6 Å². The van der Waals surface area contributed by atoms with Gasteiger partial charge in [0.1, 0.15) is 0 Å². The number of rotatable bonds is 4. The molecule has 0 radical (unpaired) electrons. The quantitative estimate of drug-likeness (QED) is 0.274. The largest absolute Gasteiger partial charge is 0.490 e. The summed E-state index contributed by atoms with van der Waals surface area (Å²) in [6, 6.07) is 2.63. The van der Waals surface area contributed by atoms with E-state index in [1.807, 2.05) is 22.6 Å². The van der Waals surface area contributed by atoms with Crippen molar-refractivity contribution in [3.05, 3.63) is 31.4 Å². The van der Waals surface area contributed by atoms with Gasteiger partial charge >= 0.3 is 5.69 Å². The van der Waals surface area contributed by atoms with Crippen molar-refractivity contribution >= 4 is 45.7 Å². The van der Waals surface area contributed by atoms with E-state index in [-0.39, 0.29) is 28.7 Å². The fraction of sp³-hybridized carbons (Fsp3) is 0.222. The zero-order valence-corrected chi connectivity index (χ0v) is 11.1. The van der Waals surface area contributed by atoms with E-state index in [4.69, 9.17) is 16.3 Å². The van der Waals surface area contributed by atoms with Gasteiger partial charge in [-0.2, -0.15) is 0 Å². The Kier molecular flexibility index (Phi) is 4.48. The highest BCUT2D eigenvalue weighted by Gasteiger charge is 2.20. The van der Waals surface area contributed by atoms with Gasteiger partial charge in [0, 0.05) is 21.3 Å². The van der Waals surface area contributed by atoms with Gasteiger partial charge < -0.3 is 4.74 Å². The highest BCUT2D eigenvalue weighted by Crippen LogP contribution is 2.31. The Morgan fingerprint density at radius 3 is 2.69 bits per heavy atom. The molecule has 0 aliphatic heterocycles. The lowest BCUT2D eigenvalue weighted by Gasteiger charge is -2.05. The number of nitro groups is 1. The van der Waals surface area contributed by atoms with Gasteiger partial charge in [0.2, 0.25) is 0 Å². The summed E-state index contributed by atoms with van der Waals surface area (Å²) in [5.41, 5.74) is -0.000479. The van der Waals surface area contributed by atoms with Crippen LogP contribution in [0.4, 0.5) is 5.69 Å². The van der Waals surface area contributed by atoms with Gasteiger partial charge in [0.25, 0.3) is 0 Å². The Balaban J connectivity index is 3.38. The molecule has 1 rings (SSSR count). The molecule has 0 aliphatic carbocycles. The van der Waals surface area contributed by atoms with E-state index in [9.17, 15) is 14.9 Å². The predicted molar refractivity (Wildman–Crippen MR) is 67.4 cm³/mol. The third-order valence-electron chi connectivity index (χ3n) is 1.89. The van der Waals surface area contributed by atoms with Crippen LogP contribution in [0.2, 0.25) is 0 Å².